The van der Waals surface area contributed by atoms with Crippen LogP contribution in [0.2, 0.25) is 0 Å². The first kappa shape index (κ1) is 33.1. The highest BCUT2D eigenvalue weighted by molar-refractivity contribution is 4.65. The van der Waals surface area contributed by atoms with Crippen LogP contribution < -0.4 is 4.57 Å². The monoisotopic (exact) mass is 509 g/mol. The topological polar surface area (TPSA) is 36.5 Å². The third kappa shape index (κ3) is 21.2. The fourth-order valence-electron chi connectivity index (χ4n) is 4.69. The molecule has 1 unspecified atom stereocenters. The van der Waals surface area contributed by atoms with Gasteiger partial charge in [0.25, 0.3) is 0 Å². The van der Waals surface area contributed by atoms with E-state index >= 15 is 0 Å². The van der Waals surface area contributed by atoms with Crippen LogP contribution in [0.5, 0.6) is 0 Å². The molecule has 1 rings (SSSR count). The van der Waals surface area contributed by atoms with Crippen LogP contribution in [0.25, 0.3) is 0 Å². The number of aryl methyl sites for hydroxylation is 2. The fraction of sp³-hybridized carbons (Fsp3) is 0.903. The van der Waals surface area contributed by atoms with Crippen LogP contribution >= 0.6 is 0 Å². The van der Waals surface area contributed by atoms with Gasteiger partial charge in [0.15, 0.2) is 0 Å². The van der Waals surface area contributed by atoms with Crippen molar-refractivity contribution in [2.24, 2.45) is 7.05 Å². The van der Waals surface area contributed by atoms with Gasteiger partial charge in [0.2, 0.25) is 6.33 Å². The Balaban J connectivity index is 1.83. The lowest BCUT2D eigenvalue weighted by Crippen LogP contribution is -2.26. The standard InChI is InChI=1S/C31H61N2O3/c1-4-6-7-8-9-10-11-12-13-14-15-16-18-21-26-34-28-31(36-5-2)29-35-27-22-19-17-20-23-33-25-24-32(3)30-33/h24-25,30-31H,4-23,26-29H2,1-3H3/q+1. The van der Waals surface area contributed by atoms with E-state index in [1.54, 1.807) is 0 Å². The van der Waals surface area contributed by atoms with Crippen molar-refractivity contribution in [1.29, 1.82) is 0 Å². The highest BCUT2D eigenvalue weighted by Crippen LogP contribution is 2.13. The van der Waals surface area contributed by atoms with Crippen molar-refractivity contribution in [2.75, 3.05) is 33.0 Å². The molecule has 0 aliphatic heterocycles. The van der Waals surface area contributed by atoms with E-state index in [9.17, 15) is 0 Å². The molecule has 0 radical (unpaired) electrons. The van der Waals surface area contributed by atoms with Crippen molar-refractivity contribution >= 4 is 0 Å². The van der Waals surface area contributed by atoms with Crippen molar-refractivity contribution in [1.82, 2.24) is 4.57 Å². The maximum atomic E-state index is 5.90. The van der Waals surface area contributed by atoms with Gasteiger partial charge in [0.1, 0.15) is 18.5 Å². The first-order valence-electron chi connectivity index (χ1n) is 15.5. The van der Waals surface area contributed by atoms with Crippen molar-refractivity contribution in [3.05, 3.63) is 18.7 Å². The molecule has 5 heteroatoms. The maximum absolute atomic E-state index is 5.90. The van der Waals surface area contributed by atoms with Gasteiger partial charge >= 0.3 is 0 Å². The first-order chi connectivity index (χ1) is 17.8. The van der Waals surface area contributed by atoms with Crippen molar-refractivity contribution < 1.29 is 18.8 Å². The Morgan fingerprint density at radius 1 is 0.639 bits per heavy atom. The fourth-order valence-corrected chi connectivity index (χ4v) is 4.69. The minimum absolute atomic E-state index is 0.0659. The molecule has 0 aliphatic rings. The molecule has 0 fully saturated rings. The van der Waals surface area contributed by atoms with Crippen LogP contribution in [-0.4, -0.2) is 43.7 Å². The van der Waals surface area contributed by atoms with Gasteiger partial charge in [-0.05, 0) is 32.6 Å². The molecule has 0 aromatic carbocycles. The molecule has 1 aromatic heterocycles. The summed E-state index contributed by atoms with van der Waals surface area (Å²) in [6.07, 6.45) is 30.7. The Kier molecular flexibility index (Phi) is 23.7. The molecule has 5 nitrogen and oxygen atoms in total. The molecule has 36 heavy (non-hydrogen) atoms. The summed E-state index contributed by atoms with van der Waals surface area (Å²) in [6, 6.07) is 0. The van der Waals surface area contributed by atoms with E-state index in [-0.39, 0.29) is 6.10 Å². The Morgan fingerprint density at radius 3 is 1.56 bits per heavy atom. The summed E-state index contributed by atoms with van der Waals surface area (Å²) in [6.45, 7) is 9.12. The Bertz CT molecular complexity index is 564. The number of imidazole rings is 1. The summed E-state index contributed by atoms with van der Waals surface area (Å²) in [5.74, 6) is 0. The molecule has 212 valence electrons. The van der Waals surface area contributed by atoms with E-state index < -0.39 is 0 Å². The molecule has 1 aromatic rings. The smallest absolute Gasteiger partial charge is 0.243 e. The highest BCUT2D eigenvalue weighted by Gasteiger charge is 2.09. The second-order valence-electron chi connectivity index (χ2n) is 10.6. The van der Waals surface area contributed by atoms with Gasteiger partial charge in [0, 0.05) is 19.8 Å². The lowest BCUT2D eigenvalue weighted by atomic mass is 10.0. The molecule has 1 atom stereocenters. The quantitative estimate of drug-likeness (QED) is 0.0854. The third-order valence-electron chi connectivity index (χ3n) is 6.93. The maximum Gasteiger partial charge on any atom is 0.243 e. The molecule has 0 saturated carbocycles. The number of rotatable bonds is 28. The first-order valence-corrected chi connectivity index (χ1v) is 15.5. The number of nitrogens with zero attached hydrogens (tertiary/aromatic N) is 2. The minimum Gasteiger partial charge on any atom is -0.379 e. The van der Waals surface area contributed by atoms with Gasteiger partial charge in [0.05, 0.1) is 26.8 Å². The molecule has 0 bridgehead atoms. The van der Waals surface area contributed by atoms with Crippen LogP contribution in [0.4, 0.5) is 0 Å². The Hall–Kier alpha value is -0.910. The van der Waals surface area contributed by atoms with E-state index in [1.807, 2.05) is 6.92 Å². The zero-order valence-corrected chi connectivity index (χ0v) is 24.4. The van der Waals surface area contributed by atoms with Gasteiger partial charge in [-0.2, -0.15) is 0 Å². The molecule has 0 amide bonds. The number of aromatic nitrogens is 2. The van der Waals surface area contributed by atoms with E-state index in [0.29, 0.717) is 19.8 Å². The largest absolute Gasteiger partial charge is 0.379 e. The normalized spacial score (nSPS) is 12.4. The predicted molar refractivity (Wildman–Crippen MR) is 151 cm³/mol. The van der Waals surface area contributed by atoms with Crippen molar-refractivity contribution in [3.63, 3.8) is 0 Å². The van der Waals surface area contributed by atoms with Crippen molar-refractivity contribution in [3.8, 4) is 0 Å². The third-order valence-corrected chi connectivity index (χ3v) is 6.93. The van der Waals surface area contributed by atoms with Crippen LogP contribution in [0, 0.1) is 0 Å². The second kappa shape index (κ2) is 25.7. The average molecular weight is 510 g/mol. The van der Waals surface area contributed by atoms with Crippen LogP contribution in [0.3, 0.4) is 0 Å². The lowest BCUT2D eigenvalue weighted by molar-refractivity contribution is -0.671. The van der Waals surface area contributed by atoms with Gasteiger partial charge < -0.3 is 14.2 Å². The summed E-state index contributed by atoms with van der Waals surface area (Å²) < 4.78 is 21.9. The number of hydrogen-bond acceptors (Lipinski definition) is 3. The van der Waals surface area contributed by atoms with E-state index in [1.165, 1.54) is 109 Å². The summed E-state index contributed by atoms with van der Waals surface area (Å²) >= 11 is 0. The summed E-state index contributed by atoms with van der Waals surface area (Å²) in [7, 11) is 2.06. The lowest BCUT2D eigenvalue weighted by Gasteiger charge is -2.17. The van der Waals surface area contributed by atoms with Crippen molar-refractivity contribution in [2.45, 2.75) is 142 Å². The Morgan fingerprint density at radius 2 is 1.11 bits per heavy atom. The van der Waals surface area contributed by atoms with E-state index in [2.05, 4.69) is 41.8 Å². The van der Waals surface area contributed by atoms with Gasteiger partial charge in [-0.1, -0.05) is 96.8 Å². The zero-order valence-electron chi connectivity index (χ0n) is 24.4. The molecule has 0 aliphatic carbocycles. The summed E-state index contributed by atoms with van der Waals surface area (Å²) in [4.78, 5) is 0. The van der Waals surface area contributed by atoms with Crippen LogP contribution in [-0.2, 0) is 27.8 Å². The van der Waals surface area contributed by atoms with E-state index in [0.717, 1.165) is 26.2 Å². The zero-order chi connectivity index (χ0) is 25.9. The average Bonchev–Trinajstić information content (AvgIpc) is 3.30. The van der Waals surface area contributed by atoms with E-state index in [4.69, 9.17) is 14.2 Å². The molecule has 1 heterocycles. The molecule has 0 spiro atoms. The highest BCUT2D eigenvalue weighted by atomic mass is 16.6. The predicted octanol–water partition coefficient (Wildman–Crippen LogP) is 7.79. The summed E-state index contributed by atoms with van der Waals surface area (Å²) in [5.41, 5.74) is 0. The summed E-state index contributed by atoms with van der Waals surface area (Å²) in [5, 5.41) is 0. The van der Waals surface area contributed by atoms with Gasteiger partial charge in [-0.15, -0.1) is 0 Å². The molecule has 0 saturated heterocycles. The van der Waals surface area contributed by atoms with Crippen LogP contribution in [0.1, 0.15) is 129 Å². The van der Waals surface area contributed by atoms with Crippen LogP contribution in [0.15, 0.2) is 18.7 Å². The van der Waals surface area contributed by atoms with Gasteiger partial charge in [-0.25, -0.2) is 9.13 Å². The minimum atomic E-state index is 0.0659. The number of unbranched alkanes of at least 4 members (excludes halogenated alkanes) is 16. The SMILES string of the molecule is CCCCCCCCCCCCCCCCOCC(COCCCCCCn1cc[n+](C)c1)OCC. The molecular weight excluding hydrogens is 448 g/mol. The second-order valence-corrected chi connectivity index (χ2v) is 10.6. The molecular formula is C31H61N2O3+. The number of ether oxygens (including phenoxy) is 3. The Labute approximate surface area is 224 Å². The van der Waals surface area contributed by atoms with Gasteiger partial charge in [-0.3, -0.25) is 0 Å². The number of hydrogen-bond donors (Lipinski definition) is 0. The molecule has 0 N–H and O–H groups in total.